The number of hydrogen-bond acceptors (Lipinski definition) is 12. The lowest BCUT2D eigenvalue weighted by Gasteiger charge is -2.21. The number of hydrogen-bond donors (Lipinski definition) is 4. The summed E-state index contributed by atoms with van der Waals surface area (Å²) in [5.74, 6) is -1.97. The first-order chi connectivity index (χ1) is 22.0. The Morgan fingerprint density at radius 2 is 1.48 bits per heavy atom. The maximum atomic E-state index is 12.1. The zero-order valence-electron chi connectivity index (χ0n) is 27.8. The summed E-state index contributed by atoms with van der Waals surface area (Å²) in [5.41, 5.74) is 0.746. The molecule has 1 aliphatic heterocycles. The highest BCUT2D eigenvalue weighted by molar-refractivity contribution is 6.04. The second-order valence-corrected chi connectivity index (χ2v) is 10.9. The molecular formula is C31H54N4O11. The number of carbonyl (C=O) groups is 5. The Hall–Kier alpha value is -3.11. The zero-order chi connectivity index (χ0) is 34.3. The lowest BCUT2D eigenvalue weighted by molar-refractivity contribution is -0.194. The van der Waals surface area contributed by atoms with E-state index in [-0.39, 0.29) is 99.8 Å². The Balaban J connectivity index is 1.95. The van der Waals surface area contributed by atoms with Crippen LogP contribution >= 0.6 is 0 Å². The first-order valence-electron chi connectivity index (χ1n) is 15.9. The molecule has 1 rings (SSSR count). The van der Waals surface area contributed by atoms with Crippen molar-refractivity contribution in [3.63, 3.8) is 0 Å². The lowest BCUT2D eigenvalue weighted by atomic mass is 10.00. The topological polar surface area (TPSA) is 191 Å². The predicted octanol–water partition coefficient (Wildman–Crippen LogP) is 0.250. The number of amides is 4. The molecule has 0 saturated carbocycles. The molecule has 1 heterocycles. The van der Waals surface area contributed by atoms with Gasteiger partial charge in [0.1, 0.15) is 6.61 Å². The number of ether oxygens (including phenoxy) is 5. The van der Waals surface area contributed by atoms with Crippen LogP contribution in [0, 0.1) is 11.8 Å². The van der Waals surface area contributed by atoms with Gasteiger partial charge in [-0.25, -0.2) is 0 Å². The Kier molecular flexibility index (Phi) is 21.5. The zero-order valence-corrected chi connectivity index (χ0v) is 27.8. The second kappa shape index (κ2) is 24.1. The van der Waals surface area contributed by atoms with Gasteiger partial charge in [-0.3, -0.25) is 28.9 Å². The Labute approximate surface area is 272 Å². The molecule has 0 aromatic heterocycles. The van der Waals surface area contributed by atoms with Crippen molar-refractivity contribution in [2.75, 3.05) is 72.9 Å². The van der Waals surface area contributed by atoms with Crippen molar-refractivity contribution >= 4 is 29.6 Å². The van der Waals surface area contributed by atoms with Crippen LogP contribution in [0.3, 0.4) is 0 Å². The molecule has 4 unspecified atom stereocenters. The minimum absolute atomic E-state index is 0.0474. The van der Waals surface area contributed by atoms with Crippen LogP contribution in [0.25, 0.3) is 0 Å². The highest BCUT2D eigenvalue weighted by Gasteiger charge is 2.41. The molecule has 264 valence electrons. The number of methoxy groups -OCH3 is 1. The first-order valence-corrected chi connectivity index (χ1v) is 15.9. The van der Waals surface area contributed by atoms with Crippen LogP contribution < -0.4 is 16.0 Å². The molecular weight excluding hydrogens is 604 g/mol. The van der Waals surface area contributed by atoms with Gasteiger partial charge in [0.05, 0.1) is 39.1 Å². The summed E-state index contributed by atoms with van der Waals surface area (Å²) in [5, 5.41) is 17.8. The number of carbonyl (C=O) groups excluding carboxylic acids is 5. The van der Waals surface area contributed by atoms with Crippen LogP contribution in [0.15, 0.2) is 12.3 Å². The third-order valence-electron chi connectivity index (χ3n) is 7.37. The summed E-state index contributed by atoms with van der Waals surface area (Å²) in [4.78, 5) is 61.2. The molecule has 0 spiro atoms. The molecule has 46 heavy (non-hydrogen) atoms. The van der Waals surface area contributed by atoms with Crippen LogP contribution in [0.5, 0.6) is 0 Å². The summed E-state index contributed by atoms with van der Waals surface area (Å²) in [6, 6.07) is 0. The van der Waals surface area contributed by atoms with Crippen molar-refractivity contribution in [1.29, 1.82) is 0 Å². The standard InChI is InChI=1S/C31H54N4O11/c1-6-25(20-36)46-29(42-5)21-45-28(39)9-7-8-22(2)32-12-13-33-27(38)11-16-43-18-19-44-17-14-34-26(37)10-15-35-30(40)23(3)24(4)31(35)41/h23-25,29,32,36H,2,6-21H2,1,3-5H3,(H,33,38)(H,34,37). The summed E-state index contributed by atoms with van der Waals surface area (Å²) in [6.07, 6.45) is 1.07. The summed E-state index contributed by atoms with van der Waals surface area (Å²) < 4.78 is 26.6. The summed E-state index contributed by atoms with van der Waals surface area (Å²) >= 11 is 0. The van der Waals surface area contributed by atoms with E-state index in [2.05, 4.69) is 22.5 Å². The third kappa shape index (κ3) is 17.0. The normalized spacial score (nSPS) is 17.5. The van der Waals surface area contributed by atoms with Crippen LogP contribution in [-0.2, 0) is 47.7 Å². The van der Waals surface area contributed by atoms with Crippen molar-refractivity contribution in [2.45, 2.75) is 71.7 Å². The van der Waals surface area contributed by atoms with Crippen molar-refractivity contribution < 1.29 is 52.8 Å². The lowest BCUT2D eigenvalue weighted by Crippen LogP contribution is -2.36. The van der Waals surface area contributed by atoms with Crippen LogP contribution in [-0.4, -0.2) is 125 Å². The van der Waals surface area contributed by atoms with Crippen LogP contribution in [0.1, 0.15) is 59.3 Å². The number of nitrogens with zero attached hydrogens (tertiary/aromatic N) is 1. The van der Waals surface area contributed by atoms with Gasteiger partial charge >= 0.3 is 5.97 Å². The van der Waals surface area contributed by atoms with Gasteiger partial charge in [0.25, 0.3) is 0 Å². The second-order valence-electron chi connectivity index (χ2n) is 10.9. The van der Waals surface area contributed by atoms with Crippen molar-refractivity contribution in [1.82, 2.24) is 20.9 Å². The van der Waals surface area contributed by atoms with E-state index in [1.807, 2.05) is 6.92 Å². The van der Waals surface area contributed by atoms with E-state index in [1.165, 1.54) is 7.11 Å². The van der Waals surface area contributed by atoms with E-state index in [9.17, 15) is 29.1 Å². The quantitative estimate of drug-likeness (QED) is 0.0408. The Morgan fingerprint density at radius 3 is 2.11 bits per heavy atom. The number of aliphatic hydroxyl groups excluding tert-OH is 1. The first kappa shape index (κ1) is 40.9. The highest BCUT2D eigenvalue weighted by Crippen LogP contribution is 2.25. The number of likely N-dealkylation sites (tertiary alicyclic amines) is 1. The van der Waals surface area contributed by atoms with Gasteiger partial charge in [-0.1, -0.05) is 27.4 Å². The predicted molar refractivity (Wildman–Crippen MR) is 167 cm³/mol. The minimum Gasteiger partial charge on any atom is -0.460 e. The van der Waals surface area contributed by atoms with Crippen LogP contribution in [0.4, 0.5) is 0 Å². The molecule has 0 aromatic carbocycles. The molecule has 0 radical (unpaired) electrons. The van der Waals surface area contributed by atoms with E-state index in [0.29, 0.717) is 52.1 Å². The van der Waals surface area contributed by atoms with Gasteiger partial charge in [-0.15, -0.1) is 0 Å². The van der Waals surface area contributed by atoms with Crippen molar-refractivity contribution in [3.05, 3.63) is 12.3 Å². The number of rotatable bonds is 27. The average Bonchev–Trinajstić information content (AvgIpc) is 3.22. The SMILES string of the molecule is C=C(CCCC(=O)OCC(OC)OC(CC)CO)NCCNC(=O)CCOCCOCCNC(=O)CCN1C(=O)C(C)C(C)C1=O. The number of aliphatic hydroxyl groups is 1. The minimum atomic E-state index is -0.734. The number of imide groups is 1. The largest absolute Gasteiger partial charge is 0.460 e. The van der Waals surface area contributed by atoms with Gasteiger partial charge in [0.15, 0.2) is 6.29 Å². The molecule has 15 heteroatoms. The fraction of sp³-hybridized carbons (Fsp3) is 0.774. The van der Waals surface area contributed by atoms with Crippen LogP contribution in [0.2, 0.25) is 0 Å². The third-order valence-corrected chi connectivity index (χ3v) is 7.37. The average molecular weight is 659 g/mol. The van der Waals surface area contributed by atoms with Gasteiger partial charge in [0, 0.05) is 70.1 Å². The Bertz CT molecular complexity index is 941. The van der Waals surface area contributed by atoms with E-state index >= 15 is 0 Å². The van der Waals surface area contributed by atoms with Crippen molar-refractivity contribution in [2.24, 2.45) is 11.8 Å². The van der Waals surface area contributed by atoms with Gasteiger partial charge < -0.3 is 44.7 Å². The molecule has 0 aromatic rings. The number of esters is 1. The van der Waals surface area contributed by atoms with E-state index in [4.69, 9.17) is 23.7 Å². The molecule has 4 N–H and O–H groups in total. The van der Waals surface area contributed by atoms with E-state index < -0.39 is 6.29 Å². The molecule has 1 saturated heterocycles. The number of nitrogens with one attached hydrogen (secondary N) is 3. The molecule has 4 amide bonds. The fourth-order valence-corrected chi connectivity index (χ4v) is 4.24. The highest BCUT2D eigenvalue weighted by atomic mass is 16.7. The smallest absolute Gasteiger partial charge is 0.305 e. The fourth-order valence-electron chi connectivity index (χ4n) is 4.24. The molecule has 1 fully saturated rings. The molecule has 15 nitrogen and oxygen atoms in total. The van der Waals surface area contributed by atoms with Gasteiger partial charge in [-0.2, -0.15) is 0 Å². The number of allylic oxidation sites excluding steroid dienone is 1. The van der Waals surface area contributed by atoms with Crippen molar-refractivity contribution in [3.8, 4) is 0 Å². The maximum Gasteiger partial charge on any atom is 0.305 e. The molecule has 4 atom stereocenters. The van der Waals surface area contributed by atoms with Gasteiger partial charge in [-0.05, 0) is 19.3 Å². The van der Waals surface area contributed by atoms with E-state index in [1.54, 1.807) is 13.8 Å². The molecule has 0 bridgehead atoms. The summed E-state index contributed by atoms with van der Waals surface area (Å²) in [7, 11) is 1.44. The molecule has 1 aliphatic rings. The Morgan fingerprint density at radius 1 is 0.870 bits per heavy atom. The monoisotopic (exact) mass is 658 g/mol. The summed E-state index contributed by atoms with van der Waals surface area (Å²) in [6.45, 7) is 11.4. The molecule has 0 aliphatic carbocycles. The maximum absolute atomic E-state index is 12.1. The van der Waals surface area contributed by atoms with Gasteiger partial charge in [0.2, 0.25) is 23.6 Å². The van der Waals surface area contributed by atoms with E-state index in [0.717, 1.165) is 10.6 Å².